The highest BCUT2D eigenvalue weighted by Crippen LogP contribution is 2.04. The fourth-order valence-corrected chi connectivity index (χ4v) is 3.15. The summed E-state index contributed by atoms with van der Waals surface area (Å²) in [5.74, 6) is -0.527. The fourth-order valence-electron chi connectivity index (χ4n) is 1.61. The topological polar surface area (TPSA) is 72.5 Å². The van der Waals surface area contributed by atoms with Crippen molar-refractivity contribution < 1.29 is 17.9 Å². The van der Waals surface area contributed by atoms with Gasteiger partial charge in [0.1, 0.15) is 0 Å². The van der Waals surface area contributed by atoms with E-state index in [9.17, 15) is 13.2 Å². The summed E-state index contributed by atoms with van der Waals surface area (Å²) in [5.41, 5.74) is 0. The van der Waals surface area contributed by atoms with Crippen molar-refractivity contribution >= 4 is 15.8 Å². The molecule has 0 aliphatic heterocycles. The second-order valence-electron chi connectivity index (χ2n) is 3.98. The van der Waals surface area contributed by atoms with Crippen molar-refractivity contribution in [2.24, 2.45) is 0 Å². The van der Waals surface area contributed by atoms with Gasteiger partial charge in [-0.25, -0.2) is 8.42 Å². The highest BCUT2D eigenvalue weighted by molar-refractivity contribution is 7.91. The molecule has 0 aromatic carbocycles. The Morgan fingerprint density at radius 1 is 1.35 bits per heavy atom. The second-order valence-corrected chi connectivity index (χ2v) is 6.21. The number of carbonyl (C=O) groups excluding carboxylic acids is 1. The molecule has 5 nitrogen and oxygen atoms in total. The van der Waals surface area contributed by atoms with Crippen molar-refractivity contribution in [3.8, 4) is 0 Å². The van der Waals surface area contributed by atoms with Gasteiger partial charge in [0.25, 0.3) is 0 Å². The van der Waals surface area contributed by atoms with E-state index < -0.39 is 15.8 Å². The maximum absolute atomic E-state index is 11.8. The predicted molar refractivity (Wildman–Crippen MR) is 67.7 cm³/mol. The van der Waals surface area contributed by atoms with Crippen LogP contribution in [0.4, 0.5) is 0 Å². The van der Waals surface area contributed by atoms with Crippen LogP contribution in [0.5, 0.6) is 0 Å². The highest BCUT2D eigenvalue weighted by Gasteiger charge is 2.19. The van der Waals surface area contributed by atoms with E-state index in [0.29, 0.717) is 0 Å². The van der Waals surface area contributed by atoms with Crippen molar-refractivity contribution in [3.63, 3.8) is 0 Å². The first-order chi connectivity index (χ1) is 7.95. The largest absolute Gasteiger partial charge is 0.469 e. The van der Waals surface area contributed by atoms with Crippen LogP contribution >= 0.6 is 0 Å². The van der Waals surface area contributed by atoms with Crippen molar-refractivity contribution in [3.05, 3.63) is 0 Å². The van der Waals surface area contributed by atoms with Crippen molar-refractivity contribution in [2.75, 3.05) is 25.2 Å². The molecule has 0 heterocycles. The minimum atomic E-state index is -3.19. The number of hydrogen-bond donors (Lipinski definition) is 1. The zero-order valence-electron chi connectivity index (χ0n) is 10.9. The normalized spacial score (nSPS) is 13.4. The lowest BCUT2D eigenvalue weighted by molar-refractivity contribution is -0.140. The number of sulfone groups is 1. The molecule has 0 saturated carbocycles. The monoisotopic (exact) mass is 265 g/mol. The Bertz CT molecular complexity index is 307. The summed E-state index contributed by atoms with van der Waals surface area (Å²) in [6.45, 7) is 4.71. The smallest absolute Gasteiger partial charge is 0.306 e. The van der Waals surface area contributed by atoms with Crippen LogP contribution in [-0.2, 0) is 19.4 Å². The average Bonchev–Trinajstić information content (AvgIpc) is 2.26. The molecular formula is C11H23NO4S. The van der Waals surface area contributed by atoms with E-state index in [1.807, 2.05) is 13.8 Å². The molecule has 0 amide bonds. The molecule has 0 aliphatic rings. The van der Waals surface area contributed by atoms with Crippen LogP contribution in [0, 0.1) is 0 Å². The van der Waals surface area contributed by atoms with Gasteiger partial charge >= 0.3 is 5.97 Å². The number of methoxy groups -OCH3 is 1. The Labute approximate surface area is 104 Å². The maximum atomic E-state index is 11.8. The number of ether oxygens (including phenoxy) is 1. The maximum Gasteiger partial charge on any atom is 0.306 e. The highest BCUT2D eigenvalue weighted by atomic mass is 32.2. The third-order valence-electron chi connectivity index (χ3n) is 2.43. The van der Waals surface area contributed by atoms with Crippen LogP contribution in [0.25, 0.3) is 0 Å². The molecule has 0 spiro atoms. The third kappa shape index (κ3) is 8.15. The van der Waals surface area contributed by atoms with Crippen LogP contribution in [0.2, 0.25) is 0 Å². The van der Waals surface area contributed by atoms with Gasteiger partial charge in [-0.3, -0.25) is 4.79 Å². The van der Waals surface area contributed by atoms with Gasteiger partial charge in [0.05, 0.1) is 25.0 Å². The number of hydrogen-bond acceptors (Lipinski definition) is 5. The summed E-state index contributed by atoms with van der Waals surface area (Å²) in [5, 5.41) is 3.15. The van der Waals surface area contributed by atoms with E-state index in [2.05, 4.69) is 10.1 Å². The minimum Gasteiger partial charge on any atom is -0.469 e. The van der Waals surface area contributed by atoms with Gasteiger partial charge in [-0.1, -0.05) is 20.3 Å². The SMILES string of the molecule is CCCC(CS(=O)(=O)CCC(=O)OC)NCC. The van der Waals surface area contributed by atoms with E-state index in [4.69, 9.17) is 0 Å². The summed E-state index contributed by atoms with van der Waals surface area (Å²) >= 11 is 0. The number of carbonyl (C=O) groups is 1. The first-order valence-corrected chi connectivity index (χ1v) is 7.78. The van der Waals surface area contributed by atoms with E-state index in [0.717, 1.165) is 19.4 Å². The number of esters is 1. The Morgan fingerprint density at radius 2 is 2.00 bits per heavy atom. The van der Waals surface area contributed by atoms with Crippen molar-refractivity contribution in [1.82, 2.24) is 5.32 Å². The average molecular weight is 265 g/mol. The number of rotatable bonds is 9. The molecule has 0 radical (unpaired) electrons. The van der Waals surface area contributed by atoms with Crippen molar-refractivity contribution in [2.45, 2.75) is 39.2 Å². The van der Waals surface area contributed by atoms with E-state index >= 15 is 0 Å². The van der Waals surface area contributed by atoms with Crippen LogP contribution in [-0.4, -0.2) is 45.6 Å². The second kappa shape index (κ2) is 8.47. The standard InChI is InChI=1S/C11H23NO4S/c1-4-6-10(12-5-2)9-17(14,15)8-7-11(13)16-3/h10,12H,4-9H2,1-3H3. The molecule has 17 heavy (non-hydrogen) atoms. The molecule has 0 bridgehead atoms. The summed E-state index contributed by atoms with van der Waals surface area (Å²) in [6, 6.07) is -0.0207. The summed E-state index contributed by atoms with van der Waals surface area (Å²) in [6.07, 6.45) is 1.69. The van der Waals surface area contributed by atoms with Crippen LogP contribution in [0.15, 0.2) is 0 Å². The first kappa shape index (κ1) is 16.4. The van der Waals surface area contributed by atoms with Gasteiger partial charge in [0.2, 0.25) is 0 Å². The molecule has 0 saturated heterocycles. The summed E-state index contributed by atoms with van der Waals surface area (Å²) < 4.78 is 28.0. The van der Waals surface area contributed by atoms with Gasteiger partial charge in [-0.2, -0.15) is 0 Å². The summed E-state index contributed by atoms with van der Waals surface area (Å²) in [7, 11) is -1.94. The molecule has 102 valence electrons. The van der Waals surface area contributed by atoms with E-state index in [-0.39, 0.29) is 24.0 Å². The lowest BCUT2D eigenvalue weighted by Crippen LogP contribution is -2.36. The molecule has 6 heteroatoms. The van der Waals surface area contributed by atoms with Crippen LogP contribution < -0.4 is 5.32 Å². The molecule has 1 atom stereocenters. The molecule has 0 aromatic heterocycles. The van der Waals surface area contributed by atoms with Crippen LogP contribution in [0.3, 0.4) is 0 Å². The lowest BCUT2D eigenvalue weighted by atomic mass is 10.2. The lowest BCUT2D eigenvalue weighted by Gasteiger charge is -2.16. The molecule has 0 rings (SSSR count). The van der Waals surface area contributed by atoms with Gasteiger partial charge in [0.15, 0.2) is 9.84 Å². The van der Waals surface area contributed by atoms with Gasteiger partial charge < -0.3 is 10.1 Å². The van der Waals surface area contributed by atoms with E-state index in [1.54, 1.807) is 0 Å². The van der Waals surface area contributed by atoms with Gasteiger partial charge in [-0.05, 0) is 13.0 Å². The molecule has 0 aromatic rings. The fraction of sp³-hybridized carbons (Fsp3) is 0.909. The minimum absolute atomic E-state index is 0.0207. The third-order valence-corrected chi connectivity index (χ3v) is 4.17. The first-order valence-electron chi connectivity index (χ1n) is 5.95. The zero-order chi connectivity index (χ0) is 13.3. The Hall–Kier alpha value is -0.620. The summed E-state index contributed by atoms with van der Waals surface area (Å²) in [4.78, 5) is 10.9. The predicted octanol–water partition coefficient (Wildman–Crippen LogP) is 0.743. The van der Waals surface area contributed by atoms with Crippen molar-refractivity contribution in [1.29, 1.82) is 0 Å². The van der Waals surface area contributed by atoms with Crippen LogP contribution in [0.1, 0.15) is 33.1 Å². The molecular weight excluding hydrogens is 242 g/mol. The molecule has 1 unspecified atom stereocenters. The Balaban J connectivity index is 4.24. The van der Waals surface area contributed by atoms with Gasteiger partial charge in [-0.15, -0.1) is 0 Å². The molecule has 1 N–H and O–H groups in total. The van der Waals surface area contributed by atoms with E-state index in [1.165, 1.54) is 7.11 Å². The molecule has 0 aliphatic carbocycles. The zero-order valence-corrected chi connectivity index (χ0v) is 11.7. The Morgan fingerprint density at radius 3 is 2.47 bits per heavy atom. The Kier molecular flexibility index (Phi) is 8.16. The number of nitrogens with one attached hydrogen (secondary N) is 1. The quantitative estimate of drug-likeness (QED) is 0.623. The molecule has 0 fully saturated rings. The van der Waals surface area contributed by atoms with Gasteiger partial charge in [0, 0.05) is 6.04 Å².